The van der Waals surface area contributed by atoms with Crippen LogP contribution in [-0.2, 0) is 0 Å². The van der Waals surface area contributed by atoms with Crippen LogP contribution >= 0.6 is 28.3 Å². The molecule has 2 rings (SSSR count). The van der Waals surface area contributed by atoms with Gasteiger partial charge in [-0.2, -0.15) is 5.10 Å². The van der Waals surface area contributed by atoms with Crippen LogP contribution in [0.1, 0.15) is 24.3 Å². The van der Waals surface area contributed by atoms with E-state index in [-0.39, 0.29) is 29.8 Å². The maximum Gasteiger partial charge on any atom is 0.273 e. The third-order valence-corrected chi connectivity index (χ3v) is 3.52. The highest BCUT2D eigenvalue weighted by Gasteiger charge is 2.23. The van der Waals surface area contributed by atoms with Gasteiger partial charge in [-0.3, -0.25) is 4.79 Å². The van der Waals surface area contributed by atoms with Crippen LogP contribution in [0.4, 0.5) is 4.39 Å². The van der Waals surface area contributed by atoms with Gasteiger partial charge in [0.25, 0.3) is 5.91 Å². The molecule has 120 valence electrons. The molecule has 0 aliphatic rings. The predicted octanol–water partition coefficient (Wildman–Crippen LogP) is 2.66. The topological polar surface area (TPSA) is 72.9 Å². The van der Waals surface area contributed by atoms with Gasteiger partial charge in [0.2, 0.25) is 0 Å². The van der Waals surface area contributed by atoms with E-state index in [4.69, 9.17) is 5.73 Å². The van der Waals surface area contributed by atoms with E-state index in [0.717, 1.165) is 0 Å². The molecule has 0 radical (unpaired) electrons. The Balaban J connectivity index is 0.00000242. The van der Waals surface area contributed by atoms with Crippen molar-refractivity contribution < 1.29 is 9.18 Å². The average Bonchev–Trinajstić information content (AvgIpc) is 2.81. The minimum atomic E-state index is -0.518. The monoisotopic (exact) mass is 390 g/mol. The fraction of sp³-hybridized carbons (Fsp3) is 0.286. The average molecular weight is 392 g/mol. The molecule has 8 heteroatoms. The van der Waals surface area contributed by atoms with Crippen LogP contribution < -0.4 is 11.1 Å². The molecule has 1 amide bonds. The zero-order chi connectivity index (χ0) is 15.6. The number of hydrogen-bond donors (Lipinski definition) is 2. The SMILES string of the molecule is CC(C)(CN)NC(=O)c1nn(-c2ccc(F)cc2)cc1Br.Cl. The molecule has 3 N–H and O–H groups in total. The van der Waals surface area contributed by atoms with Gasteiger partial charge in [0.05, 0.1) is 10.2 Å². The number of nitrogens with two attached hydrogens (primary N) is 1. The van der Waals surface area contributed by atoms with Crippen molar-refractivity contribution in [1.29, 1.82) is 0 Å². The van der Waals surface area contributed by atoms with Gasteiger partial charge in [-0.15, -0.1) is 12.4 Å². The van der Waals surface area contributed by atoms with Gasteiger partial charge in [-0.25, -0.2) is 9.07 Å². The zero-order valence-electron chi connectivity index (χ0n) is 12.1. The molecule has 22 heavy (non-hydrogen) atoms. The van der Waals surface area contributed by atoms with Crippen molar-refractivity contribution in [1.82, 2.24) is 15.1 Å². The molecule has 0 saturated heterocycles. The maximum atomic E-state index is 12.9. The van der Waals surface area contributed by atoms with Gasteiger partial charge >= 0.3 is 0 Å². The molecule has 0 spiro atoms. The molecular formula is C14H17BrClFN4O. The van der Waals surface area contributed by atoms with Crippen molar-refractivity contribution in [3.63, 3.8) is 0 Å². The summed E-state index contributed by atoms with van der Waals surface area (Å²) in [7, 11) is 0. The molecule has 0 fully saturated rings. The Bertz CT molecular complexity index is 657. The fourth-order valence-corrected chi connectivity index (χ4v) is 2.10. The molecule has 1 aromatic carbocycles. The number of hydrogen-bond acceptors (Lipinski definition) is 3. The molecule has 0 atom stereocenters. The third kappa shape index (κ3) is 4.28. The molecule has 5 nitrogen and oxygen atoms in total. The van der Waals surface area contributed by atoms with E-state index in [1.54, 1.807) is 18.3 Å². The Kier molecular flexibility index (Phi) is 6.10. The largest absolute Gasteiger partial charge is 0.344 e. The van der Waals surface area contributed by atoms with Crippen LogP contribution in [0, 0.1) is 5.82 Å². The summed E-state index contributed by atoms with van der Waals surface area (Å²) >= 11 is 3.31. The Morgan fingerprint density at radius 2 is 2.00 bits per heavy atom. The number of nitrogens with one attached hydrogen (secondary N) is 1. The highest BCUT2D eigenvalue weighted by molar-refractivity contribution is 9.10. The van der Waals surface area contributed by atoms with Crippen molar-refractivity contribution >= 4 is 34.2 Å². The summed E-state index contributed by atoms with van der Waals surface area (Å²) < 4.78 is 15.0. The zero-order valence-corrected chi connectivity index (χ0v) is 14.5. The summed E-state index contributed by atoms with van der Waals surface area (Å²) in [5.74, 6) is -0.647. The van der Waals surface area contributed by atoms with Gasteiger partial charge in [0, 0.05) is 18.3 Å². The van der Waals surface area contributed by atoms with Crippen molar-refractivity contribution in [2.45, 2.75) is 19.4 Å². The van der Waals surface area contributed by atoms with Crippen LogP contribution in [-0.4, -0.2) is 27.8 Å². The number of benzene rings is 1. The van der Waals surface area contributed by atoms with E-state index < -0.39 is 5.54 Å². The van der Waals surface area contributed by atoms with Crippen LogP contribution in [0.3, 0.4) is 0 Å². The maximum absolute atomic E-state index is 12.9. The molecule has 0 unspecified atom stereocenters. The lowest BCUT2D eigenvalue weighted by molar-refractivity contribution is 0.0909. The summed E-state index contributed by atoms with van der Waals surface area (Å²) in [6, 6.07) is 5.84. The molecule has 1 aromatic heterocycles. The molecular weight excluding hydrogens is 375 g/mol. The lowest BCUT2D eigenvalue weighted by Crippen LogP contribution is -2.49. The first-order chi connectivity index (χ1) is 9.82. The number of amides is 1. The summed E-state index contributed by atoms with van der Waals surface area (Å²) in [5, 5.41) is 7.03. The Morgan fingerprint density at radius 3 is 2.55 bits per heavy atom. The first-order valence-corrected chi connectivity index (χ1v) is 7.15. The number of nitrogens with zero attached hydrogens (tertiary/aromatic N) is 2. The second-order valence-electron chi connectivity index (χ2n) is 5.29. The fourth-order valence-electron chi connectivity index (χ4n) is 1.65. The number of carbonyl (C=O) groups excluding carboxylic acids is 1. The number of aromatic nitrogens is 2. The van der Waals surface area contributed by atoms with Gasteiger partial charge in [0.1, 0.15) is 5.82 Å². The van der Waals surface area contributed by atoms with Crippen LogP contribution in [0.5, 0.6) is 0 Å². The number of halogens is 3. The predicted molar refractivity (Wildman–Crippen MR) is 89.1 cm³/mol. The number of rotatable bonds is 4. The summed E-state index contributed by atoms with van der Waals surface area (Å²) in [6.07, 6.45) is 1.65. The quantitative estimate of drug-likeness (QED) is 0.841. The highest BCUT2D eigenvalue weighted by Crippen LogP contribution is 2.19. The standard InChI is InChI=1S/C14H16BrFN4O.ClH/c1-14(2,8-17)18-13(21)12-11(15)7-20(19-12)10-5-3-9(16)4-6-10;/h3-7H,8,17H2,1-2H3,(H,18,21);1H. The lowest BCUT2D eigenvalue weighted by atomic mass is 10.1. The van der Waals surface area contributed by atoms with E-state index >= 15 is 0 Å². The van der Waals surface area contributed by atoms with E-state index in [0.29, 0.717) is 16.7 Å². The van der Waals surface area contributed by atoms with Crippen molar-refractivity contribution in [2.75, 3.05) is 6.54 Å². The van der Waals surface area contributed by atoms with Gasteiger partial charge in [-0.1, -0.05) is 0 Å². The normalized spacial score (nSPS) is 11.0. The summed E-state index contributed by atoms with van der Waals surface area (Å²) in [6.45, 7) is 3.97. The molecule has 0 bridgehead atoms. The minimum absolute atomic E-state index is 0. The van der Waals surface area contributed by atoms with Crippen LogP contribution in [0.15, 0.2) is 34.9 Å². The Hall–Kier alpha value is -1.44. The molecule has 0 saturated carbocycles. The van der Waals surface area contributed by atoms with Crippen molar-refractivity contribution in [2.24, 2.45) is 5.73 Å². The summed E-state index contributed by atoms with van der Waals surface area (Å²) in [4.78, 5) is 12.2. The van der Waals surface area contributed by atoms with Crippen molar-refractivity contribution in [3.8, 4) is 5.69 Å². The Labute approximate surface area is 142 Å². The lowest BCUT2D eigenvalue weighted by Gasteiger charge is -2.23. The van der Waals surface area contributed by atoms with Crippen molar-refractivity contribution in [3.05, 3.63) is 46.4 Å². The Morgan fingerprint density at radius 1 is 1.41 bits per heavy atom. The highest BCUT2D eigenvalue weighted by atomic mass is 79.9. The van der Waals surface area contributed by atoms with Crippen LogP contribution in [0.25, 0.3) is 5.69 Å². The number of carbonyl (C=O) groups is 1. The molecule has 2 aromatic rings. The van der Waals surface area contributed by atoms with E-state index in [1.165, 1.54) is 16.8 Å². The van der Waals surface area contributed by atoms with Gasteiger partial charge in [-0.05, 0) is 54.0 Å². The first kappa shape index (κ1) is 18.6. The second-order valence-corrected chi connectivity index (χ2v) is 6.14. The molecule has 0 aliphatic carbocycles. The third-order valence-electron chi connectivity index (χ3n) is 2.94. The second kappa shape index (κ2) is 7.21. The molecule has 1 heterocycles. The van der Waals surface area contributed by atoms with E-state index in [2.05, 4.69) is 26.3 Å². The van der Waals surface area contributed by atoms with E-state index in [1.807, 2.05) is 13.8 Å². The first-order valence-electron chi connectivity index (χ1n) is 6.36. The van der Waals surface area contributed by atoms with Crippen LogP contribution in [0.2, 0.25) is 0 Å². The molecule has 0 aliphatic heterocycles. The van der Waals surface area contributed by atoms with Gasteiger partial charge < -0.3 is 11.1 Å². The minimum Gasteiger partial charge on any atom is -0.344 e. The smallest absolute Gasteiger partial charge is 0.273 e. The summed E-state index contributed by atoms with van der Waals surface area (Å²) in [5.41, 5.74) is 5.99. The van der Waals surface area contributed by atoms with Gasteiger partial charge in [0.15, 0.2) is 5.69 Å². The van der Waals surface area contributed by atoms with E-state index in [9.17, 15) is 9.18 Å².